The maximum Gasteiger partial charge on any atom is 0.0484 e. The van der Waals surface area contributed by atoms with E-state index in [2.05, 4.69) is 6.58 Å². The summed E-state index contributed by atoms with van der Waals surface area (Å²) in [5.41, 5.74) is 1.91. The van der Waals surface area contributed by atoms with Crippen molar-refractivity contribution in [2.24, 2.45) is 0 Å². The minimum Gasteiger partial charge on any atom is -0.0911 e. The molecule has 0 unspecified atom stereocenters. The average molecular weight is 205 g/mol. The lowest BCUT2D eigenvalue weighted by Gasteiger charge is -2.01. The van der Waals surface area contributed by atoms with E-state index in [1.54, 1.807) is 0 Å². The first kappa shape index (κ1) is 10.8. The Morgan fingerprint density at radius 1 is 1.29 bits per heavy atom. The molecule has 0 fully saturated rings. The summed E-state index contributed by atoms with van der Waals surface area (Å²) in [7, 11) is 0. The van der Waals surface area contributed by atoms with Gasteiger partial charge in [0.25, 0.3) is 0 Å². The molecule has 0 aromatic heterocycles. The van der Waals surface area contributed by atoms with E-state index in [1.165, 1.54) is 0 Å². The molecule has 0 spiro atoms. The van der Waals surface area contributed by atoms with Crippen LogP contribution in [0.5, 0.6) is 0 Å². The highest BCUT2D eigenvalue weighted by molar-refractivity contribution is 6.32. The van der Waals surface area contributed by atoms with Crippen LogP contribution in [0, 0.1) is 0 Å². The van der Waals surface area contributed by atoms with Gasteiger partial charge in [-0.1, -0.05) is 60.7 Å². The van der Waals surface area contributed by atoms with Crippen molar-refractivity contribution in [3.63, 3.8) is 0 Å². The summed E-state index contributed by atoms with van der Waals surface area (Å²) in [5.74, 6) is 0. The van der Waals surface area contributed by atoms with Crippen molar-refractivity contribution < 1.29 is 0 Å². The molecular weight excluding hydrogens is 192 g/mol. The minimum atomic E-state index is 0.739. The van der Waals surface area contributed by atoms with Crippen LogP contribution >= 0.6 is 11.6 Å². The molecule has 1 heteroatoms. The smallest absolute Gasteiger partial charge is 0.0484 e. The molecule has 0 saturated carbocycles. The van der Waals surface area contributed by atoms with Crippen LogP contribution in [0.1, 0.15) is 12.5 Å². The Hall–Kier alpha value is -1.27. The summed E-state index contributed by atoms with van der Waals surface area (Å²) in [6.07, 6.45) is 7.82. The fourth-order valence-corrected chi connectivity index (χ4v) is 1.35. The molecule has 0 amide bonds. The van der Waals surface area contributed by atoms with Crippen molar-refractivity contribution in [1.29, 1.82) is 0 Å². The van der Waals surface area contributed by atoms with Crippen molar-refractivity contribution in [3.8, 4) is 0 Å². The zero-order valence-corrected chi connectivity index (χ0v) is 8.96. The topological polar surface area (TPSA) is 0 Å². The van der Waals surface area contributed by atoms with Crippen molar-refractivity contribution in [2.75, 3.05) is 0 Å². The molecule has 1 aromatic rings. The third-order valence-corrected chi connectivity index (χ3v) is 2.15. The van der Waals surface area contributed by atoms with Crippen LogP contribution in [0.3, 0.4) is 0 Å². The number of halogens is 1. The second-order valence-corrected chi connectivity index (χ2v) is 3.30. The molecule has 0 N–H and O–H groups in total. The molecule has 72 valence electrons. The number of hydrogen-bond donors (Lipinski definition) is 0. The number of benzene rings is 1. The number of hydrogen-bond acceptors (Lipinski definition) is 0. The highest BCUT2D eigenvalue weighted by Crippen LogP contribution is 2.22. The second-order valence-electron chi connectivity index (χ2n) is 2.89. The normalized spacial score (nSPS) is 11.3. The van der Waals surface area contributed by atoms with Gasteiger partial charge in [0, 0.05) is 5.02 Å². The summed E-state index contributed by atoms with van der Waals surface area (Å²) in [5, 5.41) is 0.739. The first-order valence-electron chi connectivity index (χ1n) is 4.49. The first-order valence-corrected chi connectivity index (χ1v) is 4.86. The lowest BCUT2D eigenvalue weighted by Crippen LogP contribution is -1.79. The van der Waals surface area contributed by atoms with Crippen molar-refractivity contribution >= 4 is 17.2 Å². The molecule has 0 nitrogen and oxygen atoms in total. The monoisotopic (exact) mass is 204 g/mol. The molecule has 0 heterocycles. The van der Waals surface area contributed by atoms with Crippen LogP contribution < -0.4 is 0 Å². The van der Waals surface area contributed by atoms with Crippen LogP contribution in [-0.4, -0.2) is 0 Å². The van der Waals surface area contributed by atoms with Crippen LogP contribution in [0.25, 0.3) is 5.57 Å². The Morgan fingerprint density at radius 3 is 2.64 bits per heavy atom. The van der Waals surface area contributed by atoms with Crippen LogP contribution in [0.4, 0.5) is 0 Å². The minimum absolute atomic E-state index is 0.739. The Labute approximate surface area is 90.2 Å². The quantitative estimate of drug-likeness (QED) is 0.637. The largest absolute Gasteiger partial charge is 0.0911 e. The zero-order chi connectivity index (χ0) is 10.4. The van der Waals surface area contributed by atoms with E-state index >= 15 is 0 Å². The first-order chi connectivity index (χ1) is 6.75. The van der Waals surface area contributed by atoms with Gasteiger partial charge in [0.15, 0.2) is 0 Å². The van der Waals surface area contributed by atoms with Gasteiger partial charge in [-0.25, -0.2) is 0 Å². The Kier molecular flexibility index (Phi) is 4.21. The zero-order valence-electron chi connectivity index (χ0n) is 8.20. The van der Waals surface area contributed by atoms with E-state index in [1.807, 2.05) is 55.5 Å². The van der Waals surface area contributed by atoms with E-state index in [-0.39, 0.29) is 0 Å². The summed E-state index contributed by atoms with van der Waals surface area (Å²) in [6.45, 7) is 5.93. The SMILES string of the molecule is C=C(/C=C\C=C/C)c1ccccc1Cl. The highest BCUT2D eigenvalue weighted by Gasteiger charge is 1.98. The fourth-order valence-electron chi connectivity index (χ4n) is 1.09. The molecule has 0 aliphatic carbocycles. The summed E-state index contributed by atoms with van der Waals surface area (Å²) in [6, 6.07) is 7.70. The van der Waals surface area contributed by atoms with Gasteiger partial charge in [-0.05, 0) is 24.1 Å². The van der Waals surface area contributed by atoms with Gasteiger partial charge in [-0.15, -0.1) is 0 Å². The summed E-state index contributed by atoms with van der Waals surface area (Å²) in [4.78, 5) is 0. The molecule has 0 saturated heterocycles. The fraction of sp³-hybridized carbons (Fsp3) is 0.0769. The van der Waals surface area contributed by atoms with Gasteiger partial charge in [0.1, 0.15) is 0 Å². The maximum atomic E-state index is 6.02. The van der Waals surface area contributed by atoms with Gasteiger partial charge in [0.2, 0.25) is 0 Å². The van der Waals surface area contributed by atoms with E-state index < -0.39 is 0 Å². The van der Waals surface area contributed by atoms with Crippen molar-refractivity contribution in [2.45, 2.75) is 6.92 Å². The van der Waals surface area contributed by atoms with Crippen molar-refractivity contribution in [1.82, 2.24) is 0 Å². The predicted octanol–water partition coefficient (Wildman–Crippen LogP) is 4.49. The average Bonchev–Trinajstić information content (AvgIpc) is 2.18. The molecule has 0 radical (unpaired) electrons. The Balaban J connectivity index is 2.85. The van der Waals surface area contributed by atoms with Crippen LogP contribution in [0.15, 0.2) is 55.1 Å². The van der Waals surface area contributed by atoms with E-state index in [4.69, 9.17) is 11.6 Å². The van der Waals surface area contributed by atoms with Gasteiger partial charge >= 0.3 is 0 Å². The lowest BCUT2D eigenvalue weighted by molar-refractivity contribution is 1.62. The van der Waals surface area contributed by atoms with Gasteiger partial charge in [-0.2, -0.15) is 0 Å². The molecule has 0 aliphatic heterocycles. The summed E-state index contributed by atoms with van der Waals surface area (Å²) < 4.78 is 0. The molecule has 0 atom stereocenters. The van der Waals surface area contributed by atoms with Crippen LogP contribution in [-0.2, 0) is 0 Å². The lowest BCUT2D eigenvalue weighted by atomic mass is 10.1. The third kappa shape index (κ3) is 2.90. The van der Waals surface area contributed by atoms with E-state index in [9.17, 15) is 0 Å². The molecule has 0 bridgehead atoms. The Morgan fingerprint density at radius 2 is 2.00 bits per heavy atom. The predicted molar refractivity (Wildman–Crippen MR) is 64.4 cm³/mol. The molecule has 14 heavy (non-hydrogen) atoms. The third-order valence-electron chi connectivity index (χ3n) is 1.82. The van der Waals surface area contributed by atoms with Crippen LogP contribution in [0.2, 0.25) is 5.02 Å². The second kappa shape index (κ2) is 5.46. The van der Waals surface area contributed by atoms with Gasteiger partial charge in [0.05, 0.1) is 0 Å². The standard InChI is InChI=1S/C13H13Cl/c1-3-4-5-8-11(2)12-9-6-7-10-13(12)14/h3-10H,2H2,1H3/b4-3-,8-5-. The molecule has 1 aromatic carbocycles. The molecule has 0 aliphatic rings. The summed E-state index contributed by atoms with van der Waals surface area (Å²) >= 11 is 6.02. The van der Waals surface area contributed by atoms with E-state index in [0.29, 0.717) is 0 Å². The maximum absolute atomic E-state index is 6.02. The van der Waals surface area contributed by atoms with E-state index in [0.717, 1.165) is 16.2 Å². The van der Waals surface area contributed by atoms with Gasteiger partial charge < -0.3 is 0 Å². The Bertz CT molecular complexity index is 373. The highest BCUT2D eigenvalue weighted by atomic mass is 35.5. The van der Waals surface area contributed by atoms with Gasteiger partial charge in [-0.3, -0.25) is 0 Å². The number of allylic oxidation sites excluding steroid dienone is 5. The van der Waals surface area contributed by atoms with Crippen molar-refractivity contribution in [3.05, 3.63) is 65.7 Å². The molecular formula is C13H13Cl. The molecule has 1 rings (SSSR count). The number of rotatable bonds is 3.